The van der Waals surface area contributed by atoms with Gasteiger partial charge in [-0.25, -0.2) is 4.90 Å². The van der Waals surface area contributed by atoms with E-state index in [4.69, 9.17) is 0 Å². The summed E-state index contributed by atoms with van der Waals surface area (Å²) in [6, 6.07) is 0. The highest BCUT2D eigenvalue weighted by atomic mass is 16.3. The van der Waals surface area contributed by atoms with E-state index in [0.717, 1.165) is 19.5 Å². The highest BCUT2D eigenvalue weighted by molar-refractivity contribution is 4.78. The first-order valence-corrected chi connectivity index (χ1v) is 7.53. The van der Waals surface area contributed by atoms with Crippen LogP contribution in [-0.4, -0.2) is 51.7 Å². The van der Waals surface area contributed by atoms with Gasteiger partial charge in [-0.3, -0.25) is 4.90 Å². The van der Waals surface area contributed by atoms with Crippen molar-refractivity contribution in [1.29, 1.82) is 0 Å². The minimum atomic E-state index is -0.549. The van der Waals surface area contributed by atoms with Crippen molar-refractivity contribution in [2.45, 2.75) is 77.9 Å². The second-order valence-electron chi connectivity index (χ2n) is 5.21. The standard InChI is InChI=1S/C14H30N2O2/c1-4-12(15-10-8-7-9-11-15)16(13(17)5-2)14(18)6-3/h12-14,17-18H,4-11H2,1-3H3. The van der Waals surface area contributed by atoms with E-state index in [9.17, 15) is 10.2 Å². The molecule has 1 rings (SSSR count). The minimum Gasteiger partial charge on any atom is -0.378 e. The first-order valence-electron chi connectivity index (χ1n) is 7.53. The summed E-state index contributed by atoms with van der Waals surface area (Å²) in [4.78, 5) is 4.31. The molecule has 3 atom stereocenters. The summed E-state index contributed by atoms with van der Waals surface area (Å²) >= 11 is 0. The maximum Gasteiger partial charge on any atom is 0.110 e. The molecule has 1 fully saturated rings. The molecule has 0 aromatic carbocycles. The molecule has 1 heterocycles. The molecule has 0 aromatic rings. The third kappa shape index (κ3) is 3.92. The second-order valence-corrected chi connectivity index (χ2v) is 5.21. The van der Waals surface area contributed by atoms with Gasteiger partial charge >= 0.3 is 0 Å². The van der Waals surface area contributed by atoms with Gasteiger partial charge < -0.3 is 10.2 Å². The Morgan fingerprint density at radius 3 is 1.78 bits per heavy atom. The highest BCUT2D eigenvalue weighted by Gasteiger charge is 2.32. The van der Waals surface area contributed by atoms with Crippen LogP contribution in [0.25, 0.3) is 0 Å². The van der Waals surface area contributed by atoms with Crippen LogP contribution in [0.4, 0.5) is 0 Å². The normalized spacial score (nSPS) is 23.0. The molecular weight excluding hydrogens is 228 g/mol. The molecule has 18 heavy (non-hydrogen) atoms. The monoisotopic (exact) mass is 258 g/mol. The quantitative estimate of drug-likeness (QED) is 0.685. The number of aliphatic hydroxyl groups excluding tert-OH is 2. The number of hydrogen-bond acceptors (Lipinski definition) is 4. The van der Waals surface area contributed by atoms with Gasteiger partial charge in [0.25, 0.3) is 0 Å². The molecule has 0 aliphatic carbocycles. The molecule has 1 saturated heterocycles. The summed E-state index contributed by atoms with van der Waals surface area (Å²) in [7, 11) is 0. The van der Waals surface area contributed by atoms with E-state index in [1.165, 1.54) is 19.3 Å². The van der Waals surface area contributed by atoms with E-state index < -0.39 is 12.5 Å². The number of piperidine rings is 1. The third-order valence-electron chi connectivity index (χ3n) is 3.94. The fourth-order valence-corrected chi connectivity index (χ4v) is 2.89. The Morgan fingerprint density at radius 1 is 0.889 bits per heavy atom. The number of nitrogens with zero attached hydrogens (tertiary/aromatic N) is 2. The van der Waals surface area contributed by atoms with Crippen LogP contribution in [0, 0.1) is 0 Å². The van der Waals surface area contributed by atoms with Crippen molar-refractivity contribution in [3.63, 3.8) is 0 Å². The number of likely N-dealkylation sites (tertiary alicyclic amines) is 1. The van der Waals surface area contributed by atoms with Gasteiger partial charge in [0.15, 0.2) is 0 Å². The van der Waals surface area contributed by atoms with Crippen LogP contribution in [0.1, 0.15) is 59.3 Å². The summed E-state index contributed by atoms with van der Waals surface area (Å²) in [5.41, 5.74) is 0. The average molecular weight is 258 g/mol. The molecule has 0 aromatic heterocycles. The maximum atomic E-state index is 10.2. The van der Waals surface area contributed by atoms with E-state index in [1.807, 2.05) is 18.7 Å². The van der Waals surface area contributed by atoms with Crippen molar-refractivity contribution in [3.05, 3.63) is 0 Å². The largest absolute Gasteiger partial charge is 0.378 e. The van der Waals surface area contributed by atoms with E-state index >= 15 is 0 Å². The summed E-state index contributed by atoms with van der Waals surface area (Å²) in [5, 5.41) is 20.4. The first kappa shape index (κ1) is 15.9. The van der Waals surface area contributed by atoms with Gasteiger partial charge in [-0.1, -0.05) is 27.2 Å². The van der Waals surface area contributed by atoms with E-state index in [-0.39, 0.29) is 6.17 Å². The van der Waals surface area contributed by atoms with Crippen molar-refractivity contribution in [2.75, 3.05) is 13.1 Å². The summed E-state index contributed by atoms with van der Waals surface area (Å²) < 4.78 is 0. The lowest BCUT2D eigenvalue weighted by Crippen LogP contribution is -2.57. The minimum absolute atomic E-state index is 0.162. The van der Waals surface area contributed by atoms with Crippen LogP contribution >= 0.6 is 0 Å². The van der Waals surface area contributed by atoms with Crippen LogP contribution in [0.3, 0.4) is 0 Å². The zero-order valence-electron chi connectivity index (χ0n) is 12.2. The van der Waals surface area contributed by atoms with Crippen LogP contribution in [0.15, 0.2) is 0 Å². The molecule has 1 aliphatic heterocycles. The Labute approximate surface area is 112 Å². The molecule has 0 saturated carbocycles. The van der Waals surface area contributed by atoms with Crippen LogP contribution in [0.2, 0.25) is 0 Å². The molecule has 4 heteroatoms. The van der Waals surface area contributed by atoms with Gasteiger partial charge in [0.1, 0.15) is 12.5 Å². The molecule has 0 radical (unpaired) electrons. The van der Waals surface area contributed by atoms with Crippen LogP contribution in [-0.2, 0) is 0 Å². The van der Waals surface area contributed by atoms with Gasteiger partial charge in [0, 0.05) is 0 Å². The lowest BCUT2D eigenvalue weighted by molar-refractivity contribution is -0.163. The van der Waals surface area contributed by atoms with E-state index in [0.29, 0.717) is 12.8 Å². The van der Waals surface area contributed by atoms with Gasteiger partial charge in [0.2, 0.25) is 0 Å². The van der Waals surface area contributed by atoms with Crippen molar-refractivity contribution in [2.24, 2.45) is 0 Å². The van der Waals surface area contributed by atoms with Gasteiger partial charge in [-0.15, -0.1) is 0 Å². The zero-order chi connectivity index (χ0) is 13.5. The average Bonchev–Trinajstić information content (AvgIpc) is 2.44. The van der Waals surface area contributed by atoms with Gasteiger partial charge in [-0.05, 0) is 45.2 Å². The van der Waals surface area contributed by atoms with Crippen LogP contribution < -0.4 is 0 Å². The Bertz CT molecular complexity index is 210. The predicted octanol–water partition coefficient (Wildman–Crippen LogP) is 1.97. The molecule has 1 aliphatic rings. The fraction of sp³-hybridized carbons (Fsp3) is 1.00. The Kier molecular flexibility index (Phi) is 7.15. The topological polar surface area (TPSA) is 46.9 Å². The Hall–Kier alpha value is -0.160. The van der Waals surface area contributed by atoms with Gasteiger partial charge in [-0.2, -0.15) is 0 Å². The predicted molar refractivity (Wildman–Crippen MR) is 73.9 cm³/mol. The molecule has 4 nitrogen and oxygen atoms in total. The molecule has 0 amide bonds. The summed E-state index contributed by atoms with van der Waals surface area (Å²) in [6.07, 6.45) is 5.08. The number of hydrogen-bond donors (Lipinski definition) is 2. The van der Waals surface area contributed by atoms with E-state index in [2.05, 4.69) is 11.8 Å². The summed E-state index contributed by atoms with van der Waals surface area (Å²) in [5.74, 6) is 0. The lowest BCUT2D eigenvalue weighted by Gasteiger charge is -2.44. The maximum absolute atomic E-state index is 10.2. The molecule has 0 spiro atoms. The number of rotatable bonds is 7. The zero-order valence-corrected chi connectivity index (χ0v) is 12.2. The third-order valence-corrected chi connectivity index (χ3v) is 3.94. The first-order chi connectivity index (χ1) is 8.65. The van der Waals surface area contributed by atoms with Crippen molar-refractivity contribution >= 4 is 0 Å². The SMILES string of the molecule is CCC(O)N(C(O)CC)C(CC)N1CCCCC1. The lowest BCUT2D eigenvalue weighted by atomic mass is 10.1. The molecular formula is C14H30N2O2. The van der Waals surface area contributed by atoms with Crippen molar-refractivity contribution in [3.8, 4) is 0 Å². The Balaban J connectivity index is 2.77. The smallest absolute Gasteiger partial charge is 0.110 e. The molecule has 108 valence electrons. The van der Waals surface area contributed by atoms with E-state index in [1.54, 1.807) is 0 Å². The molecule has 2 N–H and O–H groups in total. The molecule has 0 bridgehead atoms. The van der Waals surface area contributed by atoms with Gasteiger partial charge in [0.05, 0.1) is 6.17 Å². The van der Waals surface area contributed by atoms with Crippen LogP contribution in [0.5, 0.6) is 0 Å². The summed E-state index contributed by atoms with van der Waals surface area (Å²) in [6.45, 7) is 8.23. The Morgan fingerprint density at radius 2 is 1.39 bits per heavy atom. The molecule has 3 unspecified atom stereocenters. The number of aliphatic hydroxyl groups is 2. The fourth-order valence-electron chi connectivity index (χ4n) is 2.89. The highest BCUT2D eigenvalue weighted by Crippen LogP contribution is 2.22. The van der Waals surface area contributed by atoms with Crippen molar-refractivity contribution in [1.82, 2.24) is 9.80 Å². The van der Waals surface area contributed by atoms with Crippen molar-refractivity contribution < 1.29 is 10.2 Å². The second kappa shape index (κ2) is 8.10.